The fourth-order valence-corrected chi connectivity index (χ4v) is 4.84. The number of nitrogens with zero attached hydrogens (tertiary/aromatic N) is 1. The predicted molar refractivity (Wildman–Crippen MR) is 80.8 cm³/mol. The molecule has 1 saturated heterocycles. The predicted octanol–water partition coefficient (Wildman–Crippen LogP) is 2.12. The summed E-state index contributed by atoms with van der Waals surface area (Å²) in [6.45, 7) is 7.22. The number of piperidine rings is 1. The summed E-state index contributed by atoms with van der Waals surface area (Å²) >= 11 is 0. The summed E-state index contributed by atoms with van der Waals surface area (Å²) in [5.41, 5.74) is 0.783. The standard InChI is InChI=1S/C17H27NO3/c1-3-18-11-16-7-5-8-17(12-18,15(20)21-4-2)14(16)10-13(19)6-9-16/h10,13,19H,3-9,11-12H2,1-2H3/t13?,16-,17+/m1/s1. The Hall–Kier alpha value is -0.870. The Labute approximate surface area is 127 Å². The molecule has 118 valence electrons. The van der Waals surface area contributed by atoms with Gasteiger partial charge in [0.2, 0.25) is 0 Å². The molecule has 2 aliphatic carbocycles. The van der Waals surface area contributed by atoms with Crippen LogP contribution in [0.3, 0.4) is 0 Å². The van der Waals surface area contributed by atoms with E-state index >= 15 is 0 Å². The number of hydrogen-bond donors (Lipinski definition) is 1. The van der Waals surface area contributed by atoms with Gasteiger partial charge in [-0.3, -0.25) is 4.79 Å². The van der Waals surface area contributed by atoms with E-state index in [1.54, 1.807) is 0 Å². The van der Waals surface area contributed by atoms with Gasteiger partial charge in [0.25, 0.3) is 0 Å². The molecule has 2 fully saturated rings. The number of carbonyl (C=O) groups is 1. The number of hydrogen-bond acceptors (Lipinski definition) is 4. The molecular formula is C17H27NO3. The summed E-state index contributed by atoms with van der Waals surface area (Å²) < 4.78 is 5.44. The second-order valence-electron chi connectivity index (χ2n) is 6.93. The van der Waals surface area contributed by atoms with Crippen molar-refractivity contribution in [2.24, 2.45) is 10.8 Å². The summed E-state index contributed by atoms with van der Waals surface area (Å²) in [5.74, 6) is -0.0763. The maximum Gasteiger partial charge on any atom is 0.317 e. The normalized spacial score (nSPS) is 39.4. The largest absolute Gasteiger partial charge is 0.465 e. The van der Waals surface area contributed by atoms with Crippen molar-refractivity contribution in [2.45, 2.75) is 52.1 Å². The van der Waals surface area contributed by atoms with Crippen molar-refractivity contribution in [1.82, 2.24) is 4.90 Å². The zero-order chi connectivity index (χ0) is 15.1. The molecular weight excluding hydrogens is 266 g/mol. The van der Waals surface area contributed by atoms with Gasteiger partial charge in [0.05, 0.1) is 12.7 Å². The van der Waals surface area contributed by atoms with Gasteiger partial charge in [-0.1, -0.05) is 19.4 Å². The van der Waals surface area contributed by atoms with Crippen molar-refractivity contribution in [3.05, 3.63) is 11.6 Å². The first-order valence-electron chi connectivity index (χ1n) is 8.37. The minimum absolute atomic E-state index is 0.0763. The fourth-order valence-electron chi connectivity index (χ4n) is 4.84. The van der Waals surface area contributed by atoms with Crippen molar-refractivity contribution >= 4 is 5.97 Å². The highest BCUT2D eigenvalue weighted by Gasteiger charge is 2.59. The van der Waals surface area contributed by atoms with Gasteiger partial charge in [0, 0.05) is 18.5 Å². The number of esters is 1. The van der Waals surface area contributed by atoms with E-state index in [1.807, 2.05) is 13.0 Å². The van der Waals surface area contributed by atoms with Crippen LogP contribution in [0.2, 0.25) is 0 Å². The number of aliphatic hydroxyl groups is 1. The Kier molecular flexibility index (Phi) is 3.87. The van der Waals surface area contributed by atoms with E-state index in [0.717, 1.165) is 51.7 Å². The van der Waals surface area contributed by atoms with Crippen LogP contribution in [-0.4, -0.2) is 48.3 Å². The first-order valence-corrected chi connectivity index (χ1v) is 8.37. The van der Waals surface area contributed by atoms with Crippen molar-refractivity contribution in [3.8, 4) is 0 Å². The van der Waals surface area contributed by atoms with Crippen LogP contribution >= 0.6 is 0 Å². The molecule has 2 bridgehead atoms. The van der Waals surface area contributed by atoms with Gasteiger partial charge in [0.15, 0.2) is 0 Å². The molecule has 0 aromatic carbocycles. The molecule has 0 radical (unpaired) electrons. The first kappa shape index (κ1) is 15.0. The molecule has 0 aromatic heterocycles. The summed E-state index contributed by atoms with van der Waals surface area (Å²) in [7, 11) is 0. The number of ether oxygens (including phenoxy) is 1. The zero-order valence-corrected chi connectivity index (χ0v) is 13.2. The number of likely N-dealkylation sites (tertiary alicyclic amines) is 1. The Morgan fingerprint density at radius 3 is 2.90 bits per heavy atom. The minimum Gasteiger partial charge on any atom is -0.465 e. The highest BCUT2D eigenvalue weighted by Crippen LogP contribution is 2.59. The smallest absolute Gasteiger partial charge is 0.317 e. The molecule has 4 heteroatoms. The molecule has 0 aromatic rings. The summed E-state index contributed by atoms with van der Waals surface area (Å²) in [4.78, 5) is 15.2. The minimum atomic E-state index is -0.510. The summed E-state index contributed by atoms with van der Waals surface area (Å²) in [6.07, 6.45) is 6.51. The van der Waals surface area contributed by atoms with Crippen LogP contribution in [-0.2, 0) is 9.53 Å². The fraction of sp³-hybridized carbons (Fsp3) is 0.824. The van der Waals surface area contributed by atoms with E-state index in [-0.39, 0.29) is 11.4 Å². The maximum atomic E-state index is 12.8. The number of aliphatic hydroxyl groups excluding tert-OH is 1. The van der Waals surface area contributed by atoms with Gasteiger partial charge in [-0.2, -0.15) is 0 Å². The second-order valence-corrected chi connectivity index (χ2v) is 6.93. The lowest BCUT2D eigenvalue weighted by Crippen LogP contribution is -2.61. The molecule has 1 heterocycles. The van der Waals surface area contributed by atoms with Gasteiger partial charge in [-0.25, -0.2) is 0 Å². The molecule has 1 aliphatic heterocycles. The van der Waals surface area contributed by atoms with E-state index in [9.17, 15) is 9.90 Å². The average Bonchev–Trinajstić information content (AvgIpc) is 2.46. The van der Waals surface area contributed by atoms with Crippen molar-refractivity contribution in [1.29, 1.82) is 0 Å². The van der Waals surface area contributed by atoms with E-state index in [2.05, 4.69) is 11.8 Å². The van der Waals surface area contributed by atoms with E-state index in [0.29, 0.717) is 6.61 Å². The van der Waals surface area contributed by atoms with Crippen molar-refractivity contribution < 1.29 is 14.6 Å². The van der Waals surface area contributed by atoms with Gasteiger partial charge in [-0.05, 0) is 44.7 Å². The Balaban J connectivity index is 2.07. The van der Waals surface area contributed by atoms with Gasteiger partial charge < -0.3 is 14.7 Å². The van der Waals surface area contributed by atoms with Crippen LogP contribution in [0.4, 0.5) is 0 Å². The molecule has 3 atom stereocenters. The van der Waals surface area contributed by atoms with Crippen molar-refractivity contribution in [2.75, 3.05) is 26.2 Å². The maximum absolute atomic E-state index is 12.8. The van der Waals surface area contributed by atoms with Gasteiger partial charge >= 0.3 is 5.97 Å². The number of rotatable bonds is 3. The first-order chi connectivity index (χ1) is 10.1. The third-order valence-electron chi connectivity index (χ3n) is 5.76. The number of carbonyl (C=O) groups excluding carboxylic acids is 1. The van der Waals surface area contributed by atoms with Gasteiger partial charge in [0.1, 0.15) is 5.41 Å². The van der Waals surface area contributed by atoms with E-state index in [1.165, 1.54) is 5.57 Å². The lowest BCUT2D eigenvalue weighted by Gasteiger charge is -2.58. The lowest BCUT2D eigenvalue weighted by atomic mass is 9.52. The SMILES string of the molecule is CCOC(=O)[C@]12CCC[C@@]3(CCC(O)C=C31)CN(CC)C2. The molecule has 3 rings (SSSR count). The quantitative estimate of drug-likeness (QED) is 0.640. The average molecular weight is 293 g/mol. The molecule has 1 saturated carbocycles. The third kappa shape index (κ3) is 2.23. The highest BCUT2D eigenvalue weighted by molar-refractivity contribution is 5.82. The van der Waals surface area contributed by atoms with E-state index < -0.39 is 11.5 Å². The molecule has 0 amide bonds. The van der Waals surface area contributed by atoms with Gasteiger partial charge in [-0.15, -0.1) is 0 Å². The van der Waals surface area contributed by atoms with Crippen LogP contribution in [0.15, 0.2) is 11.6 Å². The summed E-state index contributed by atoms with van der Waals surface area (Å²) in [5, 5.41) is 10.1. The van der Waals surface area contributed by atoms with E-state index in [4.69, 9.17) is 4.74 Å². The van der Waals surface area contributed by atoms with Crippen molar-refractivity contribution in [3.63, 3.8) is 0 Å². The third-order valence-corrected chi connectivity index (χ3v) is 5.76. The Bertz CT molecular complexity index is 461. The molecule has 3 aliphatic rings. The monoisotopic (exact) mass is 293 g/mol. The molecule has 0 spiro atoms. The topological polar surface area (TPSA) is 49.8 Å². The lowest BCUT2D eigenvalue weighted by molar-refractivity contribution is -0.161. The molecule has 21 heavy (non-hydrogen) atoms. The molecule has 1 N–H and O–H groups in total. The van der Waals surface area contributed by atoms with Crippen LogP contribution in [0, 0.1) is 10.8 Å². The second kappa shape index (κ2) is 5.40. The van der Waals surface area contributed by atoms with Crippen LogP contribution in [0.25, 0.3) is 0 Å². The van der Waals surface area contributed by atoms with Crippen LogP contribution in [0.5, 0.6) is 0 Å². The van der Waals surface area contributed by atoms with Crippen LogP contribution < -0.4 is 0 Å². The highest BCUT2D eigenvalue weighted by atomic mass is 16.5. The Morgan fingerprint density at radius 2 is 2.19 bits per heavy atom. The summed E-state index contributed by atoms with van der Waals surface area (Å²) in [6, 6.07) is 0. The molecule has 4 nitrogen and oxygen atoms in total. The van der Waals surface area contributed by atoms with Crippen LogP contribution in [0.1, 0.15) is 46.0 Å². The molecule has 1 unspecified atom stereocenters. The zero-order valence-electron chi connectivity index (χ0n) is 13.2. The Morgan fingerprint density at radius 1 is 1.38 bits per heavy atom.